The molecule has 0 bridgehead atoms. The summed E-state index contributed by atoms with van der Waals surface area (Å²) in [5.41, 5.74) is 2.79. The van der Waals surface area contributed by atoms with Crippen molar-refractivity contribution in [2.45, 2.75) is 32.4 Å². The number of carbonyl (C=O) groups excluding carboxylic acids is 1. The van der Waals surface area contributed by atoms with Crippen LogP contribution in [-0.4, -0.2) is 28.6 Å². The van der Waals surface area contributed by atoms with Gasteiger partial charge < -0.3 is 15.4 Å². The van der Waals surface area contributed by atoms with Gasteiger partial charge >= 0.3 is 0 Å². The molecule has 0 atom stereocenters. The zero-order chi connectivity index (χ0) is 21.1. The van der Waals surface area contributed by atoms with Gasteiger partial charge in [-0.1, -0.05) is 18.2 Å². The summed E-state index contributed by atoms with van der Waals surface area (Å²) >= 11 is 0. The third-order valence-corrected chi connectivity index (χ3v) is 5.08. The average molecular weight is 404 g/mol. The van der Waals surface area contributed by atoms with E-state index in [0.29, 0.717) is 17.8 Å². The maximum absolute atomic E-state index is 13.0. The van der Waals surface area contributed by atoms with E-state index in [-0.39, 0.29) is 23.3 Å². The highest BCUT2D eigenvalue weighted by Crippen LogP contribution is 2.21. The number of benzene rings is 2. The Morgan fingerprint density at radius 2 is 2.07 bits per heavy atom. The van der Waals surface area contributed by atoms with E-state index in [2.05, 4.69) is 15.6 Å². The Hall–Kier alpha value is -3.61. The Morgan fingerprint density at radius 1 is 1.23 bits per heavy atom. The van der Waals surface area contributed by atoms with Crippen molar-refractivity contribution >= 4 is 11.7 Å². The van der Waals surface area contributed by atoms with E-state index in [1.807, 2.05) is 37.3 Å². The molecule has 1 aromatic heterocycles. The molecule has 2 N–H and O–H groups in total. The number of anilines is 1. The molecule has 1 aliphatic carbocycles. The predicted octanol–water partition coefficient (Wildman–Crippen LogP) is 3.05. The summed E-state index contributed by atoms with van der Waals surface area (Å²) in [5, 5.41) is 6.08. The number of amides is 1. The number of aromatic nitrogens is 2. The number of aryl methyl sites for hydroxylation is 1. The van der Waals surface area contributed by atoms with Crippen LogP contribution >= 0.6 is 0 Å². The Bertz CT molecular complexity index is 1140. The van der Waals surface area contributed by atoms with E-state index in [0.717, 1.165) is 29.7 Å². The van der Waals surface area contributed by atoms with Gasteiger partial charge in [-0.05, 0) is 55.2 Å². The topological polar surface area (TPSA) is 85.2 Å². The van der Waals surface area contributed by atoms with Crippen LogP contribution in [0.25, 0.3) is 5.69 Å². The summed E-state index contributed by atoms with van der Waals surface area (Å²) in [7, 11) is 1.62. The summed E-state index contributed by atoms with van der Waals surface area (Å²) in [4.78, 5) is 29.7. The molecule has 30 heavy (non-hydrogen) atoms. The van der Waals surface area contributed by atoms with Crippen molar-refractivity contribution in [3.8, 4) is 11.4 Å². The van der Waals surface area contributed by atoms with Gasteiger partial charge in [-0.25, -0.2) is 4.98 Å². The molecule has 1 amide bonds. The number of carbonyl (C=O) groups is 1. The molecule has 4 rings (SSSR count). The minimum Gasteiger partial charge on any atom is -0.497 e. The highest BCUT2D eigenvalue weighted by Gasteiger charge is 2.24. The summed E-state index contributed by atoms with van der Waals surface area (Å²) in [6.07, 6.45) is 5.24. The van der Waals surface area contributed by atoms with Gasteiger partial charge in [-0.3, -0.25) is 14.2 Å². The van der Waals surface area contributed by atoms with Crippen LogP contribution in [0.3, 0.4) is 0 Å². The minimum absolute atomic E-state index is 0.114. The maximum Gasteiger partial charge on any atom is 0.297 e. The lowest BCUT2D eigenvalue weighted by molar-refractivity contribution is 0.0951. The van der Waals surface area contributed by atoms with Crippen molar-refractivity contribution in [3.05, 3.63) is 81.9 Å². The lowest BCUT2D eigenvalue weighted by Crippen LogP contribution is -2.26. The van der Waals surface area contributed by atoms with Crippen LogP contribution in [0.1, 0.15) is 34.3 Å². The molecule has 0 aliphatic heterocycles. The molecule has 1 fully saturated rings. The van der Waals surface area contributed by atoms with Crippen LogP contribution in [-0.2, 0) is 6.54 Å². The van der Waals surface area contributed by atoms with Crippen LogP contribution in [0.2, 0.25) is 0 Å². The molecular formula is C23H24N4O3. The highest BCUT2D eigenvalue weighted by molar-refractivity contribution is 5.95. The molecule has 0 radical (unpaired) electrons. The molecule has 2 aromatic carbocycles. The zero-order valence-electron chi connectivity index (χ0n) is 17.0. The zero-order valence-corrected chi connectivity index (χ0v) is 17.0. The van der Waals surface area contributed by atoms with Crippen molar-refractivity contribution in [3.63, 3.8) is 0 Å². The van der Waals surface area contributed by atoms with Gasteiger partial charge in [0.15, 0.2) is 5.82 Å². The first-order valence-corrected chi connectivity index (χ1v) is 9.91. The monoisotopic (exact) mass is 404 g/mol. The van der Waals surface area contributed by atoms with E-state index < -0.39 is 0 Å². The van der Waals surface area contributed by atoms with Crippen molar-refractivity contribution in [2.24, 2.45) is 0 Å². The second-order valence-corrected chi connectivity index (χ2v) is 7.41. The summed E-state index contributed by atoms with van der Waals surface area (Å²) < 4.78 is 6.76. The predicted molar refractivity (Wildman–Crippen MR) is 115 cm³/mol. The quantitative estimate of drug-likeness (QED) is 0.632. The second kappa shape index (κ2) is 8.41. The molecule has 3 aromatic rings. The lowest BCUT2D eigenvalue weighted by Gasteiger charge is -2.13. The molecule has 0 unspecified atom stereocenters. The van der Waals surface area contributed by atoms with Gasteiger partial charge in [0.05, 0.1) is 12.8 Å². The van der Waals surface area contributed by atoms with Crippen molar-refractivity contribution < 1.29 is 9.53 Å². The molecule has 0 spiro atoms. The van der Waals surface area contributed by atoms with Gasteiger partial charge in [0.2, 0.25) is 0 Å². The SMILES string of the molecule is COc1cccc(CNc2nccn(-c3cc(C(=O)NC4CC4)ccc3C)c2=O)c1. The fraction of sp³-hybridized carbons (Fsp3) is 0.261. The molecule has 7 nitrogen and oxygen atoms in total. The fourth-order valence-electron chi connectivity index (χ4n) is 3.20. The number of ether oxygens (including phenoxy) is 1. The summed E-state index contributed by atoms with van der Waals surface area (Å²) in [6, 6.07) is 13.3. The van der Waals surface area contributed by atoms with Gasteiger partial charge in [0.25, 0.3) is 11.5 Å². The molecule has 154 valence electrons. The third kappa shape index (κ3) is 4.35. The van der Waals surface area contributed by atoms with Crippen LogP contribution in [0.15, 0.2) is 59.7 Å². The Balaban J connectivity index is 1.59. The number of nitrogens with zero attached hydrogens (tertiary/aromatic N) is 2. The van der Waals surface area contributed by atoms with E-state index in [1.54, 1.807) is 31.6 Å². The maximum atomic E-state index is 13.0. The highest BCUT2D eigenvalue weighted by atomic mass is 16.5. The molecule has 1 saturated carbocycles. The van der Waals surface area contributed by atoms with E-state index in [1.165, 1.54) is 4.57 Å². The molecule has 0 saturated heterocycles. The van der Waals surface area contributed by atoms with Gasteiger partial charge in [-0.15, -0.1) is 0 Å². The van der Waals surface area contributed by atoms with Gasteiger partial charge in [0, 0.05) is 30.5 Å². The third-order valence-electron chi connectivity index (χ3n) is 5.08. The van der Waals surface area contributed by atoms with Crippen LogP contribution in [0, 0.1) is 6.92 Å². The fourth-order valence-corrected chi connectivity index (χ4v) is 3.20. The second-order valence-electron chi connectivity index (χ2n) is 7.41. The van der Waals surface area contributed by atoms with Gasteiger partial charge in [0.1, 0.15) is 5.75 Å². The molecule has 1 heterocycles. The average Bonchev–Trinajstić information content (AvgIpc) is 3.57. The van der Waals surface area contributed by atoms with E-state index in [4.69, 9.17) is 4.74 Å². The van der Waals surface area contributed by atoms with Crippen LogP contribution in [0.5, 0.6) is 5.75 Å². The Labute approximate surface area is 174 Å². The molecule has 1 aliphatic rings. The first kappa shape index (κ1) is 19.7. The van der Waals surface area contributed by atoms with Crippen molar-refractivity contribution in [1.29, 1.82) is 0 Å². The number of rotatable bonds is 7. The molecule has 7 heteroatoms. The van der Waals surface area contributed by atoms with Crippen LogP contribution < -0.4 is 20.9 Å². The first-order valence-electron chi connectivity index (χ1n) is 9.91. The Kier molecular flexibility index (Phi) is 5.52. The van der Waals surface area contributed by atoms with E-state index in [9.17, 15) is 9.59 Å². The lowest BCUT2D eigenvalue weighted by atomic mass is 10.1. The minimum atomic E-state index is -0.275. The van der Waals surface area contributed by atoms with Crippen molar-refractivity contribution in [1.82, 2.24) is 14.9 Å². The number of nitrogens with one attached hydrogen (secondary N) is 2. The standard InChI is InChI=1S/C23H24N4O3/c1-15-6-7-17(22(28)26-18-8-9-18)13-20(15)27-11-10-24-21(23(27)29)25-14-16-4-3-5-19(12-16)30-2/h3-7,10-13,18H,8-9,14H2,1-2H3,(H,24,25)(H,26,28). The largest absolute Gasteiger partial charge is 0.497 e. The number of hydrogen-bond donors (Lipinski definition) is 2. The van der Waals surface area contributed by atoms with Crippen LogP contribution in [0.4, 0.5) is 5.82 Å². The normalized spacial score (nSPS) is 13.0. The van der Waals surface area contributed by atoms with Crippen molar-refractivity contribution in [2.75, 3.05) is 12.4 Å². The smallest absolute Gasteiger partial charge is 0.297 e. The Morgan fingerprint density at radius 3 is 2.83 bits per heavy atom. The van der Waals surface area contributed by atoms with E-state index >= 15 is 0 Å². The first-order chi connectivity index (χ1) is 14.5. The summed E-state index contributed by atoms with van der Waals surface area (Å²) in [6.45, 7) is 2.35. The summed E-state index contributed by atoms with van der Waals surface area (Å²) in [5.74, 6) is 0.884. The van der Waals surface area contributed by atoms with Gasteiger partial charge in [-0.2, -0.15) is 0 Å². The molecular weight excluding hydrogens is 380 g/mol. The number of hydrogen-bond acceptors (Lipinski definition) is 5. The number of methoxy groups -OCH3 is 1.